The van der Waals surface area contributed by atoms with E-state index in [1.54, 1.807) is 6.20 Å². The summed E-state index contributed by atoms with van der Waals surface area (Å²) in [6.07, 6.45) is 1.58. The molecule has 2 radical (unpaired) electrons. The molecule has 1 aromatic heterocycles. The lowest BCUT2D eigenvalue weighted by Crippen LogP contribution is -2.27. The van der Waals surface area contributed by atoms with Gasteiger partial charge in [-0.15, -0.1) is 0 Å². The molecule has 0 spiro atoms. The fourth-order valence-electron chi connectivity index (χ4n) is 1.53. The van der Waals surface area contributed by atoms with Crippen LogP contribution in [0.5, 0.6) is 0 Å². The van der Waals surface area contributed by atoms with E-state index >= 15 is 0 Å². The minimum absolute atomic E-state index is 0.339. The molecule has 0 saturated carbocycles. The lowest BCUT2D eigenvalue weighted by atomic mass is 9.95. The Labute approximate surface area is 111 Å². The number of ether oxygens (including phenoxy) is 1. The molecular formula is C12H15BN2O2S. The maximum absolute atomic E-state index is 12.0. The van der Waals surface area contributed by atoms with E-state index in [2.05, 4.69) is 9.38 Å². The first-order valence-corrected chi connectivity index (χ1v) is 6.80. The van der Waals surface area contributed by atoms with Crippen molar-refractivity contribution in [3.8, 4) is 0 Å². The van der Waals surface area contributed by atoms with Crippen molar-refractivity contribution in [2.75, 3.05) is 6.61 Å². The monoisotopic (exact) mass is 262 g/mol. The van der Waals surface area contributed by atoms with E-state index in [9.17, 15) is 4.21 Å². The zero-order chi connectivity index (χ0) is 13.3. The van der Waals surface area contributed by atoms with Gasteiger partial charge in [-0.1, -0.05) is 11.5 Å². The standard InChI is InChI=1S/C12H15BN2O2S/c1-12(2,3)18(16)15-10-7-17-6-8-4-9(13)5-14-11(8)10/h4-5H,6-7H2,1-3H3/b15-10+. The Morgan fingerprint density at radius 3 is 2.83 bits per heavy atom. The third-order valence-electron chi connectivity index (χ3n) is 2.47. The van der Waals surface area contributed by atoms with Crippen molar-refractivity contribution >= 4 is 30.0 Å². The summed E-state index contributed by atoms with van der Waals surface area (Å²) in [4.78, 5) is 4.27. The number of aromatic nitrogens is 1. The number of hydrogen-bond acceptors (Lipinski definition) is 3. The minimum atomic E-state index is -1.31. The van der Waals surface area contributed by atoms with Gasteiger partial charge in [0.05, 0.1) is 23.7 Å². The van der Waals surface area contributed by atoms with E-state index in [1.165, 1.54) is 0 Å². The van der Waals surface area contributed by atoms with Gasteiger partial charge in [0.2, 0.25) is 0 Å². The van der Waals surface area contributed by atoms with E-state index in [1.807, 2.05) is 26.8 Å². The molecule has 1 unspecified atom stereocenters. The molecule has 6 heteroatoms. The van der Waals surface area contributed by atoms with Crippen LogP contribution in [-0.2, 0) is 22.3 Å². The fourth-order valence-corrected chi connectivity index (χ4v) is 2.14. The molecule has 2 rings (SSSR count). The maximum atomic E-state index is 12.0. The number of rotatable bonds is 1. The first-order valence-electron chi connectivity index (χ1n) is 5.70. The Balaban J connectivity index is 2.39. The van der Waals surface area contributed by atoms with Gasteiger partial charge in [0.25, 0.3) is 0 Å². The molecule has 0 saturated heterocycles. The van der Waals surface area contributed by atoms with Gasteiger partial charge in [0.15, 0.2) is 0 Å². The summed E-state index contributed by atoms with van der Waals surface area (Å²) < 4.78 is 21.3. The van der Waals surface area contributed by atoms with Crippen LogP contribution in [0.4, 0.5) is 0 Å². The van der Waals surface area contributed by atoms with Crippen molar-refractivity contribution in [3.05, 3.63) is 23.5 Å². The number of hydrogen-bond donors (Lipinski definition) is 0. The Kier molecular flexibility index (Phi) is 3.68. The van der Waals surface area contributed by atoms with Crippen LogP contribution in [-0.4, -0.2) is 34.1 Å². The topological polar surface area (TPSA) is 51.6 Å². The third kappa shape index (κ3) is 2.87. The van der Waals surface area contributed by atoms with E-state index < -0.39 is 15.7 Å². The van der Waals surface area contributed by atoms with Crippen LogP contribution in [0.1, 0.15) is 32.0 Å². The van der Waals surface area contributed by atoms with E-state index in [0.29, 0.717) is 24.4 Å². The molecule has 2 heterocycles. The second kappa shape index (κ2) is 4.94. The van der Waals surface area contributed by atoms with E-state index in [0.717, 1.165) is 11.3 Å². The molecule has 0 aliphatic carbocycles. The highest BCUT2D eigenvalue weighted by atomic mass is 32.2. The zero-order valence-electron chi connectivity index (χ0n) is 10.8. The van der Waals surface area contributed by atoms with Crippen molar-refractivity contribution in [1.29, 1.82) is 0 Å². The summed E-state index contributed by atoms with van der Waals surface area (Å²) in [5.74, 6) is 0. The van der Waals surface area contributed by atoms with Gasteiger partial charge >= 0.3 is 0 Å². The van der Waals surface area contributed by atoms with Crippen molar-refractivity contribution in [2.45, 2.75) is 32.1 Å². The minimum Gasteiger partial charge on any atom is -0.370 e. The second-order valence-corrected chi connectivity index (χ2v) is 7.07. The van der Waals surface area contributed by atoms with Crippen LogP contribution < -0.4 is 5.46 Å². The Morgan fingerprint density at radius 2 is 2.17 bits per heavy atom. The van der Waals surface area contributed by atoms with E-state index in [4.69, 9.17) is 12.6 Å². The van der Waals surface area contributed by atoms with Crippen LogP contribution in [0, 0.1) is 0 Å². The van der Waals surface area contributed by atoms with Crippen molar-refractivity contribution < 1.29 is 8.95 Å². The van der Waals surface area contributed by atoms with Gasteiger partial charge in [0, 0.05) is 11.8 Å². The quantitative estimate of drug-likeness (QED) is 0.698. The van der Waals surface area contributed by atoms with Gasteiger partial charge in [-0.05, 0) is 20.8 Å². The average Bonchev–Trinajstić information content (AvgIpc) is 2.27. The predicted molar refractivity (Wildman–Crippen MR) is 73.7 cm³/mol. The molecule has 0 aromatic carbocycles. The lowest BCUT2D eigenvalue weighted by Gasteiger charge is -2.20. The molecule has 1 aliphatic heterocycles. The molecule has 4 nitrogen and oxygen atoms in total. The average molecular weight is 262 g/mol. The summed E-state index contributed by atoms with van der Waals surface area (Å²) in [7, 11) is 4.37. The van der Waals surface area contributed by atoms with Gasteiger partial charge in [-0.3, -0.25) is 4.98 Å². The summed E-state index contributed by atoms with van der Waals surface area (Å²) in [6.45, 7) is 6.46. The number of pyridine rings is 1. The van der Waals surface area contributed by atoms with Crippen LogP contribution in [0.3, 0.4) is 0 Å². The summed E-state index contributed by atoms with van der Waals surface area (Å²) in [6, 6.07) is 1.82. The smallest absolute Gasteiger partial charge is 0.145 e. The van der Waals surface area contributed by atoms with Crippen molar-refractivity contribution in [3.63, 3.8) is 0 Å². The van der Waals surface area contributed by atoms with Crippen molar-refractivity contribution in [2.24, 2.45) is 4.40 Å². The zero-order valence-corrected chi connectivity index (χ0v) is 11.6. The third-order valence-corrected chi connectivity index (χ3v) is 3.91. The molecule has 18 heavy (non-hydrogen) atoms. The van der Waals surface area contributed by atoms with E-state index in [-0.39, 0.29) is 0 Å². The van der Waals surface area contributed by atoms with Crippen molar-refractivity contribution in [1.82, 2.24) is 4.98 Å². The lowest BCUT2D eigenvalue weighted by molar-refractivity contribution is 0.151. The molecule has 0 bridgehead atoms. The molecule has 94 valence electrons. The summed E-state index contributed by atoms with van der Waals surface area (Å²) in [5, 5.41) is 0. The predicted octanol–water partition coefficient (Wildman–Crippen LogP) is 0.657. The summed E-state index contributed by atoms with van der Waals surface area (Å²) in [5.41, 5.74) is 2.86. The molecule has 1 atom stereocenters. The molecule has 1 aliphatic rings. The van der Waals surface area contributed by atoms with Crippen LogP contribution >= 0.6 is 0 Å². The fraction of sp³-hybridized carbons (Fsp3) is 0.500. The first kappa shape index (κ1) is 13.4. The largest absolute Gasteiger partial charge is 0.370 e. The number of nitrogens with zero attached hydrogens (tertiary/aromatic N) is 2. The van der Waals surface area contributed by atoms with Gasteiger partial charge < -0.3 is 4.74 Å². The van der Waals surface area contributed by atoms with Gasteiger partial charge in [0.1, 0.15) is 24.5 Å². The van der Waals surface area contributed by atoms with Crippen LogP contribution in [0.25, 0.3) is 0 Å². The SMILES string of the molecule is [B]c1cnc2c(c1)COC/C2=N\S(=O)C(C)(C)C. The molecule has 0 amide bonds. The highest BCUT2D eigenvalue weighted by Gasteiger charge is 2.23. The van der Waals surface area contributed by atoms with Crippen LogP contribution in [0.2, 0.25) is 0 Å². The highest BCUT2D eigenvalue weighted by Crippen LogP contribution is 2.17. The maximum Gasteiger partial charge on any atom is 0.145 e. The molecule has 0 fully saturated rings. The van der Waals surface area contributed by atoms with Crippen LogP contribution in [0.15, 0.2) is 16.7 Å². The number of fused-ring (bicyclic) bond motifs is 1. The molecule has 1 aromatic rings. The molecular weight excluding hydrogens is 247 g/mol. The highest BCUT2D eigenvalue weighted by molar-refractivity contribution is 7.85. The Bertz CT molecular complexity index is 523. The van der Waals surface area contributed by atoms with Gasteiger partial charge in [-0.25, -0.2) is 4.21 Å². The second-order valence-electron chi connectivity index (χ2n) is 5.17. The normalized spacial score (nSPS) is 19.6. The molecule has 0 N–H and O–H groups in total. The van der Waals surface area contributed by atoms with Gasteiger partial charge in [-0.2, -0.15) is 4.40 Å². The summed E-state index contributed by atoms with van der Waals surface area (Å²) >= 11 is 0. The Morgan fingerprint density at radius 1 is 1.44 bits per heavy atom. The Hall–Kier alpha value is -1.01. The first-order chi connectivity index (χ1) is 8.38.